The van der Waals surface area contributed by atoms with Crippen molar-refractivity contribution in [3.05, 3.63) is 92.1 Å². The maximum atomic E-state index is 14.3. The summed E-state index contributed by atoms with van der Waals surface area (Å²) in [5, 5.41) is 22.7. The number of carbonyl (C=O) groups is 2. The first-order valence-electron chi connectivity index (χ1n) is 18.3. The van der Waals surface area contributed by atoms with Crippen LogP contribution in [0.3, 0.4) is 0 Å². The molecule has 3 amide bonds. The molecule has 3 heterocycles. The molecule has 3 saturated carbocycles. The number of amides is 3. The first-order chi connectivity index (χ1) is 25.9. The molecule has 0 unspecified atom stereocenters. The number of nitro groups is 1. The molecule has 0 spiro atoms. The topological polar surface area (TPSA) is 179 Å². The monoisotopic (exact) mass is 765 g/mol. The van der Waals surface area contributed by atoms with Gasteiger partial charge in [0.1, 0.15) is 23.2 Å². The number of hydrogen-bond acceptors (Lipinski definition) is 9. The highest BCUT2D eigenvalue weighted by Gasteiger charge is 2.68. The molecule has 18 heteroatoms. The quantitative estimate of drug-likeness (QED) is 0.111. The second-order valence-electron chi connectivity index (χ2n) is 16.0. The van der Waals surface area contributed by atoms with E-state index in [1.54, 1.807) is 6.92 Å². The average molecular weight is 766 g/mol. The molecule has 292 valence electrons. The van der Waals surface area contributed by atoms with Crippen molar-refractivity contribution in [1.29, 1.82) is 0 Å². The van der Waals surface area contributed by atoms with Gasteiger partial charge in [-0.1, -0.05) is 45.0 Å². The molecule has 3 aromatic rings. The number of anilines is 2. The Morgan fingerprint density at radius 2 is 1.85 bits per heavy atom. The standard InChI is InChI=1S/C37H43BF3N7O7/c1-6-29(38-54-28-16-22-15-27(34(22,2)3)36(28,5)55-38)45-30(49)26-17-35(4,46-33(51)44-23-12-7-8-13-25(23)48(52)53)32-43-19-24(31(50)47(26)32)42-18-20-10-9-11-21(14-20)37(39,40)41/h7-14,19,22,26-29,42H,6,15-18H2,1-5H3,(H,45,49)(H2,44,46,51)/t22-,26-,27-,28+,29-,35+,36-/m0/s1. The lowest BCUT2D eigenvalue weighted by Crippen LogP contribution is -2.65. The first-order valence-corrected chi connectivity index (χ1v) is 18.3. The predicted molar refractivity (Wildman–Crippen MR) is 196 cm³/mol. The number of alkyl halides is 3. The van der Waals surface area contributed by atoms with E-state index in [2.05, 4.69) is 47.0 Å². The molecule has 3 aliphatic carbocycles. The Kier molecular flexibility index (Phi) is 9.51. The van der Waals surface area contributed by atoms with Gasteiger partial charge < -0.3 is 30.6 Å². The van der Waals surface area contributed by atoms with Crippen LogP contribution in [0.5, 0.6) is 0 Å². The number of nitrogens with zero attached hydrogens (tertiary/aromatic N) is 3. The summed E-state index contributed by atoms with van der Waals surface area (Å²) in [6.45, 7) is 9.89. The summed E-state index contributed by atoms with van der Waals surface area (Å²) in [7, 11) is -0.743. The Hall–Kier alpha value is -4.97. The SMILES string of the molecule is CC[C@H](NC(=O)[C@@H]1C[C@@](C)(NC(=O)Nc2ccccc2[N+](=O)[O-])c2ncc(NCc3cccc(C(F)(F)F)c3)c(=O)n21)B1O[C@@H]2C[C@@H]3C[C@@H](C3(C)C)[C@]2(C)O1. The van der Waals surface area contributed by atoms with Gasteiger partial charge in [0.2, 0.25) is 5.91 Å². The number of benzene rings is 2. The minimum absolute atomic E-state index is 0.0296. The van der Waals surface area contributed by atoms with E-state index in [9.17, 15) is 37.7 Å². The van der Waals surface area contributed by atoms with Gasteiger partial charge in [-0.05, 0) is 74.1 Å². The van der Waals surface area contributed by atoms with Crippen LogP contribution in [0, 0.1) is 27.4 Å². The van der Waals surface area contributed by atoms with Gasteiger partial charge in [0.15, 0.2) is 0 Å². The van der Waals surface area contributed by atoms with E-state index in [0.29, 0.717) is 18.3 Å². The van der Waals surface area contributed by atoms with Crippen molar-refractivity contribution in [2.45, 2.75) is 102 Å². The largest absolute Gasteiger partial charge is 0.481 e. The maximum absolute atomic E-state index is 14.3. The van der Waals surface area contributed by atoms with Crippen molar-refractivity contribution in [3.8, 4) is 0 Å². The van der Waals surface area contributed by atoms with Crippen LogP contribution in [0.4, 0.5) is 35.0 Å². The molecule has 7 atom stereocenters. The van der Waals surface area contributed by atoms with Crippen LogP contribution in [-0.2, 0) is 32.4 Å². The molecule has 4 fully saturated rings. The fourth-order valence-corrected chi connectivity index (χ4v) is 9.08. The molecule has 1 aromatic heterocycles. The van der Waals surface area contributed by atoms with Gasteiger partial charge in [-0.2, -0.15) is 13.2 Å². The number of urea groups is 1. The number of para-hydroxylation sites is 2. The zero-order chi connectivity index (χ0) is 39.7. The van der Waals surface area contributed by atoms with Gasteiger partial charge in [0.25, 0.3) is 11.2 Å². The lowest BCUT2D eigenvalue weighted by molar-refractivity contribution is -0.383. The third-order valence-corrected chi connectivity index (χ3v) is 12.2. The van der Waals surface area contributed by atoms with Gasteiger partial charge in [-0.25, -0.2) is 9.78 Å². The highest BCUT2D eigenvalue weighted by molar-refractivity contribution is 6.47. The molecule has 2 aliphatic heterocycles. The van der Waals surface area contributed by atoms with E-state index in [4.69, 9.17) is 9.31 Å². The molecule has 2 bridgehead atoms. The van der Waals surface area contributed by atoms with E-state index in [1.165, 1.54) is 42.6 Å². The molecule has 55 heavy (non-hydrogen) atoms. The summed E-state index contributed by atoms with van der Waals surface area (Å²) in [6, 6.07) is 8.18. The molecule has 1 saturated heterocycles. The number of rotatable bonds is 10. The van der Waals surface area contributed by atoms with E-state index < -0.39 is 64.4 Å². The van der Waals surface area contributed by atoms with E-state index >= 15 is 0 Å². The van der Waals surface area contributed by atoms with E-state index in [-0.39, 0.29) is 52.9 Å². The second kappa shape index (κ2) is 13.7. The predicted octanol–water partition coefficient (Wildman–Crippen LogP) is 5.93. The molecule has 4 N–H and O–H groups in total. The Morgan fingerprint density at radius 1 is 1.11 bits per heavy atom. The summed E-state index contributed by atoms with van der Waals surface area (Å²) in [5.41, 5.74) is -3.63. The third-order valence-electron chi connectivity index (χ3n) is 12.2. The van der Waals surface area contributed by atoms with Crippen molar-refractivity contribution in [1.82, 2.24) is 20.2 Å². The zero-order valence-corrected chi connectivity index (χ0v) is 31.0. The number of aromatic nitrogens is 2. The number of nitro benzene ring substituents is 1. The van der Waals surface area contributed by atoms with Crippen molar-refractivity contribution in [3.63, 3.8) is 0 Å². The molecular weight excluding hydrogens is 722 g/mol. The maximum Gasteiger partial charge on any atom is 0.481 e. The summed E-state index contributed by atoms with van der Waals surface area (Å²) in [4.78, 5) is 57.3. The van der Waals surface area contributed by atoms with Crippen LogP contribution in [-0.4, -0.2) is 51.2 Å². The summed E-state index contributed by atoms with van der Waals surface area (Å²) >= 11 is 0. The van der Waals surface area contributed by atoms with Crippen molar-refractivity contribution >= 4 is 36.1 Å². The van der Waals surface area contributed by atoms with Crippen LogP contribution in [0.1, 0.15) is 83.3 Å². The van der Waals surface area contributed by atoms with Crippen LogP contribution in [0.15, 0.2) is 59.5 Å². The fraction of sp³-hybridized carbons (Fsp3) is 0.514. The Balaban J connectivity index is 1.16. The minimum atomic E-state index is -4.56. The summed E-state index contributed by atoms with van der Waals surface area (Å²) in [6.07, 6.45) is -1.28. The highest BCUT2D eigenvalue weighted by Crippen LogP contribution is 2.65. The second-order valence-corrected chi connectivity index (χ2v) is 16.0. The summed E-state index contributed by atoms with van der Waals surface area (Å²) in [5.74, 6) is -0.305. The molecular formula is C37H43BF3N7O7. The van der Waals surface area contributed by atoms with Gasteiger partial charge in [-0.3, -0.25) is 24.3 Å². The van der Waals surface area contributed by atoms with Crippen molar-refractivity contribution < 1.29 is 37.0 Å². The number of fused-ring (bicyclic) bond motifs is 1. The minimum Gasteiger partial charge on any atom is -0.404 e. The Bertz CT molecular complexity index is 2100. The first kappa shape index (κ1) is 38.3. The van der Waals surface area contributed by atoms with Crippen molar-refractivity contribution in [2.75, 3.05) is 10.6 Å². The average Bonchev–Trinajstić information content (AvgIpc) is 3.64. The third kappa shape index (κ3) is 6.72. The van der Waals surface area contributed by atoms with Gasteiger partial charge in [-0.15, -0.1) is 0 Å². The van der Waals surface area contributed by atoms with Gasteiger partial charge in [0.05, 0.1) is 39.9 Å². The zero-order valence-electron chi connectivity index (χ0n) is 31.0. The Labute approximate surface area is 315 Å². The van der Waals surface area contributed by atoms with Crippen molar-refractivity contribution in [2.24, 2.45) is 17.3 Å². The molecule has 14 nitrogen and oxygen atoms in total. The lowest BCUT2D eigenvalue weighted by Gasteiger charge is -2.64. The Morgan fingerprint density at radius 3 is 2.55 bits per heavy atom. The van der Waals surface area contributed by atoms with Gasteiger partial charge >= 0.3 is 19.3 Å². The normalized spacial score (nSPS) is 28.0. The molecule has 0 radical (unpaired) electrons. The van der Waals surface area contributed by atoms with Gasteiger partial charge in [0, 0.05) is 19.0 Å². The smallest absolute Gasteiger partial charge is 0.404 e. The van der Waals surface area contributed by atoms with Crippen LogP contribution < -0.4 is 26.8 Å². The number of halogens is 3. The van der Waals surface area contributed by atoms with Crippen LogP contribution in [0.25, 0.3) is 0 Å². The number of hydrogen-bond donors (Lipinski definition) is 4. The number of nitrogens with one attached hydrogen (secondary N) is 4. The molecule has 2 aromatic carbocycles. The van der Waals surface area contributed by atoms with Crippen LogP contribution in [0.2, 0.25) is 0 Å². The summed E-state index contributed by atoms with van der Waals surface area (Å²) < 4.78 is 54.3. The van der Waals surface area contributed by atoms with Crippen LogP contribution >= 0.6 is 0 Å². The fourth-order valence-electron chi connectivity index (χ4n) is 9.08. The lowest BCUT2D eigenvalue weighted by atomic mass is 9.43. The molecule has 5 aliphatic rings. The highest BCUT2D eigenvalue weighted by atomic mass is 19.4. The van der Waals surface area contributed by atoms with E-state index in [1.807, 2.05) is 6.92 Å². The van der Waals surface area contributed by atoms with E-state index in [0.717, 1.165) is 29.5 Å². The molecule has 8 rings (SSSR count). The number of carbonyl (C=O) groups excluding carboxylic acids is 2.